The quantitative estimate of drug-likeness (QED) is 0.739. The van der Waals surface area contributed by atoms with Gasteiger partial charge in [0.2, 0.25) is 0 Å². The monoisotopic (exact) mass is 376 g/mol. The highest BCUT2D eigenvalue weighted by Crippen LogP contribution is 2.40. The van der Waals surface area contributed by atoms with E-state index in [0.717, 1.165) is 43.8 Å². The van der Waals surface area contributed by atoms with Gasteiger partial charge in [0, 0.05) is 49.2 Å². The Balaban J connectivity index is 1.25. The van der Waals surface area contributed by atoms with Crippen LogP contribution in [0.15, 0.2) is 47.1 Å². The third kappa shape index (κ3) is 3.40. The number of aromatic nitrogens is 2. The summed E-state index contributed by atoms with van der Waals surface area (Å²) in [7, 11) is 0. The van der Waals surface area contributed by atoms with Gasteiger partial charge in [0.15, 0.2) is 5.69 Å². The second-order valence-electron chi connectivity index (χ2n) is 8.13. The topological polar surface area (TPSA) is 71.3 Å². The zero-order valence-electron chi connectivity index (χ0n) is 16.0. The lowest BCUT2D eigenvalue weighted by atomic mass is 10.1. The molecule has 6 heteroatoms. The number of amides is 1. The molecule has 0 bridgehead atoms. The number of carbonyl (C=O) groups is 1. The summed E-state index contributed by atoms with van der Waals surface area (Å²) in [6, 6.07) is 12.2. The fraction of sp³-hybridized carbons (Fsp3) is 0.409. The SMILES string of the molecule is CC1CN(Cc2ccnc3ccccc23)CC1NC(=O)c1cc(C2CC2)on1. The highest BCUT2D eigenvalue weighted by molar-refractivity contribution is 5.92. The normalized spacial score (nSPS) is 22.6. The fourth-order valence-electron chi connectivity index (χ4n) is 4.12. The van der Waals surface area contributed by atoms with Crippen LogP contribution in [0.1, 0.15) is 47.5 Å². The minimum atomic E-state index is -0.135. The van der Waals surface area contributed by atoms with E-state index in [1.54, 1.807) is 6.07 Å². The molecule has 1 aliphatic heterocycles. The summed E-state index contributed by atoms with van der Waals surface area (Å²) in [5, 5.41) is 8.31. The summed E-state index contributed by atoms with van der Waals surface area (Å²) >= 11 is 0. The lowest BCUT2D eigenvalue weighted by Gasteiger charge is -2.17. The van der Waals surface area contributed by atoms with Gasteiger partial charge in [-0.2, -0.15) is 0 Å². The number of hydrogen-bond acceptors (Lipinski definition) is 5. The molecule has 1 amide bonds. The molecular weight excluding hydrogens is 352 g/mol. The van der Waals surface area contributed by atoms with E-state index in [-0.39, 0.29) is 11.9 Å². The molecule has 2 aliphatic rings. The number of rotatable bonds is 5. The van der Waals surface area contributed by atoms with E-state index in [4.69, 9.17) is 4.52 Å². The maximum absolute atomic E-state index is 12.6. The first-order chi connectivity index (χ1) is 13.7. The molecule has 0 radical (unpaired) electrons. The van der Waals surface area contributed by atoms with E-state index in [0.29, 0.717) is 17.5 Å². The Labute approximate surface area is 163 Å². The van der Waals surface area contributed by atoms with Crippen LogP contribution < -0.4 is 5.32 Å². The van der Waals surface area contributed by atoms with Crippen molar-refractivity contribution >= 4 is 16.8 Å². The van der Waals surface area contributed by atoms with Gasteiger partial charge in [0.05, 0.1) is 5.52 Å². The van der Waals surface area contributed by atoms with Crippen molar-refractivity contribution < 1.29 is 9.32 Å². The molecule has 1 aromatic carbocycles. The number of benzene rings is 1. The van der Waals surface area contributed by atoms with Crippen molar-refractivity contribution in [3.63, 3.8) is 0 Å². The Morgan fingerprint density at radius 1 is 1.25 bits per heavy atom. The Morgan fingerprint density at radius 2 is 2.11 bits per heavy atom. The molecule has 2 aromatic heterocycles. The Morgan fingerprint density at radius 3 is 2.96 bits per heavy atom. The Hall–Kier alpha value is -2.73. The second-order valence-corrected chi connectivity index (χ2v) is 8.13. The molecule has 6 nitrogen and oxygen atoms in total. The number of fused-ring (bicyclic) bond motifs is 1. The molecular formula is C22H24N4O2. The molecule has 144 valence electrons. The van der Waals surface area contributed by atoms with Crippen LogP contribution in [0.5, 0.6) is 0 Å². The first-order valence-electron chi connectivity index (χ1n) is 10.00. The third-order valence-corrected chi connectivity index (χ3v) is 5.88. The van der Waals surface area contributed by atoms with Gasteiger partial charge in [-0.1, -0.05) is 30.3 Å². The van der Waals surface area contributed by atoms with Crippen molar-refractivity contribution in [1.29, 1.82) is 0 Å². The van der Waals surface area contributed by atoms with E-state index >= 15 is 0 Å². The summed E-state index contributed by atoms with van der Waals surface area (Å²) < 4.78 is 5.31. The van der Waals surface area contributed by atoms with Crippen molar-refractivity contribution in [2.24, 2.45) is 5.92 Å². The minimum Gasteiger partial charge on any atom is -0.360 e. The molecule has 5 rings (SSSR count). The zero-order valence-corrected chi connectivity index (χ0v) is 16.0. The van der Waals surface area contributed by atoms with Crippen LogP contribution >= 0.6 is 0 Å². The van der Waals surface area contributed by atoms with E-state index < -0.39 is 0 Å². The van der Waals surface area contributed by atoms with Crippen molar-refractivity contribution in [2.45, 2.75) is 38.3 Å². The standard InChI is InChI=1S/C22H24N4O2/c1-14-11-26(12-16-8-9-23-18-5-3-2-4-17(16)18)13-20(14)24-22(27)19-10-21(28-25-19)15-6-7-15/h2-5,8-10,14-15,20H,6-7,11-13H2,1H3,(H,24,27). The largest absolute Gasteiger partial charge is 0.360 e. The van der Waals surface area contributed by atoms with E-state index in [1.165, 1.54) is 10.9 Å². The maximum atomic E-state index is 12.6. The second kappa shape index (κ2) is 7.02. The van der Waals surface area contributed by atoms with Crippen LogP contribution in [0.2, 0.25) is 0 Å². The average Bonchev–Trinajstić information content (AvgIpc) is 3.33. The van der Waals surface area contributed by atoms with Crippen LogP contribution in [0.25, 0.3) is 10.9 Å². The molecule has 2 unspecified atom stereocenters. The first-order valence-corrected chi connectivity index (χ1v) is 10.00. The molecule has 2 atom stereocenters. The van der Waals surface area contributed by atoms with Crippen LogP contribution in [-0.4, -0.2) is 40.1 Å². The molecule has 1 N–H and O–H groups in total. The zero-order chi connectivity index (χ0) is 19.1. The van der Waals surface area contributed by atoms with Crippen molar-refractivity contribution in [3.8, 4) is 0 Å². The number of pyridine rings is 1. The predicted octanol–water partition coefficient (Wildman–Crippen LogP) is 3.35. The Bertz CT molecular complexity index is 1010. The van der Waals surface area contributed by atoms with Crippen molar-refractivity contribution in [3.05, 3.63) is 59.6 Å². The van der Waals surface area contributed by atoms with Gasteiger partial charge in [-0.25, -0.2) is 0 Å². The summed E-state index contributed by atoms with van der Waals surface area (Å²) in [5.74, 6) is 1.55. The average molecular weight is 376 g/mol. The fourth-order valence-corrected chi connectivity index (χ4v) is 4.12. The molecule has 3 aromatic rings. The highest BCUT2D eigenvalue weighted by Gasteiger charge is 2.33. The lowest BCUT2D eigenvalue weighted by molar-refractivity contribution is 0.0922. The number of carbonyl (C=O) groups excluding carboxylic acids is 1. The van der Waals surface area contributed by atoms with Crippen molar-refractivity contribution in [1.82, 2.24) is 20.4 Å². The number of likely N-dealkylation sites (tertiary alicyclic amines) is 1. The van der Waals surface area contributed by atoms with E-state index in [9.17, 15) is 4.79 Å². The Kier molecular flexibility index (Phi) is 4.36. The lowest BCUT2D eigenvalue weighted by Crippen LogP contribution is -2.40. The molecule has 1 saturated heterocycles. The molecule has 2 fully saturated rings. The predicted molar refractivity (Wildman–Crippen MR) is 106 cm³/mol. The van der Waals surface area contributed by atoms with Gasteiger partial charge >= 0.3 is 0 Å². The number of para-hydroxylation sites is 1. The smallest absolute Gasteiger partial charge is 0.273 e. The summed E-state index contributed by atoms with van der Waals surface area (Å²) in [6.45, 7) is 4.83. The molecule has 1 aliphatic carbocycles. The van der Waals surface area contributed by atoms with Gasteiger partial charge < -0.3 is 9.84 Å². The third-order valence-electron chi connectivity index (χ3n) is 5.88. The summed E-state index contributed by atoms with van der Waals surface area (Å²) in [5.41, 5.74) is 2.69. The maximum Gasteiger partial charge on any atom is 0.273 e. The van der Waals surface area contributed by atoms with Crippen molar-refractivity contribution in [2.75, 3.05) is 13.1 Å². The van der Waals surface area contributed by atoms with E-state index in [1.807, 2.05) is 18.3 Å². The molecule has 3 heterocycles. The van der Waals surface area contributed by atoms with Crippen LogP contribution in [0.4, 0.5) is 0 Å². The van der Waals surface area contributed by atoms with Crippen LogP contribution in [-0.2, 0) is 6.54 Å². The number of nitrogens with zero attached hydrogens (tertiary/aromatic N) is 3. The van der Waals surface area contributed by atoms with Gasteiger partial charge in [-0.3, -0.25) is 14.7 Å². The first kappa shape index (κ1) is 17.4. The van der Waals surface area contributed by atoms with Gasteiger partial charge in [0.1, 0.15) is 5.76 Å². The number of hydrogen-bond donors (Lipinski definition) is 1. The molecule has 0 spiro atoms. The van der Waals surface area contributed by atoms with Crippen LogP contribution in [0.3, 0.4) is 0 Å². The van der Waals surface area contributed by atoms with Crippen LogP contribution in [0, 0.1) is 5.92 Å². The van der Waals surface area contributed by atoms with E-state index in [2.05, 4.69) is 45.5 Å². The van der Waals surface area contributed by atoms with Gasteiger partial charge in [-0.15, -0.1) is 0 Å². The van der Waals surface area contributed by atoms with Gasteiger partial charge in [-0.05, 0) is 36.5 Å². The highest BCUT2D eigenvalue weighted by atomic mass is 16.5. The number of nitrogens with one attached hydrogen (secondary N) is 1. The van der Waals surface area contributed by atoms with Gasteiger partial charge in [0.25, 0.3) is 5.91 Å². The minimum absolute atomic E-state index is 0.113. The molecule has 28 heavy (non-hydrogen) atoms. The summed E-state index contributed by atoms with van der Waals surface area (Å²) in [4.78, 5) is 19.4. The molecule has 1 saturated carbocycles. The summed E-state index contributed by atoms with van der Waals surface area (Å²) in [6.07, 6.45) is 4.14.